The van der Waals surface area contributed by atoms with Crippen molar-refractivity contribution in [2.24, 2.45) is 5.92 Å². The van der Waals surface area contributed by atoms with Gasteiger partial charge in [-0.2, -0.15) is 0 Å². The molecule has 2 aromatic carbocycles. The average molecular weight is 436 g/mol. The number of aryl methyl sites for hydroxylation is 1. The third-order valence-electron chi connectivity index (χ3n) is 6.36. The molecular formula is C26H33N3O3. The number of rotatable bonds is 6. The molecule has 2 heterocycles. The van der Waals surface area contributed by atoms with E-state index in [1.54, 1.807) is 4.90 Å². The summed E-state index contributed by atoms with van der Waals surface area (Å²) in [5.74, 6) is -0.0786. The van der Waals surface area contributed by atoms with Crippen molar-refractivity contribution in [2.75, 3.05) is 44.3 Å². The van der Waals surface area contributed by atoms with Crippen LogP contribution >= 0.6 is 0 Å². The molecule has 2 aliphatic heterocycles. The molecule has 170 valence electrons. The lowest BCUT2D eigenvalue weighted by Gasteiger charge is -2.34. The Kier molecular flexibility index (Phi) is 6.92. The van der Waals surface area contributed by atoms with Gasteiger partial charge in [0, 0.05) is 32.7 Å². The number of benzene rings is 2. The summed E-state index contributed by atoms with van der Waals surface area (Å²) in [6, 6.07) is 15.2. The van der Waals surface area contributed by atoms with E-state index in [-0.39, 0.29) is 17.7 Å². The van der Waals surface area contributed by atoms with E-state index in [0.717, 1.165) is 49.7 Å². The highest BCUT2D eigenvalue weighted by Gasteiger charge is 2.41. The number of nitrogens with zero attached hydrogens (tertiary/aromatic N) is 3. The number of ether oxygens (including phenoxy) is 1. The molecule has 1 fully saturated rings. The summed E-state index contributed by atoms with van der Waals surface area (Å²) in [7, 11) is 0. The van der Waals surface area contributed by atoms with Crippen LogP contribution in [-0.2, 0) is 16.1 Å². The molecule has 2 aliphatic rings. The summed E-state index contributed by atoms with van der Waals surface area (Å²) in [5, 5.41) is 0. The first-order valence-corrected chi connectivity index (χ1v) is 11.5. The summed E-state index contributed by atoms with van der Waals surface area (Å²) < 4.78 is 5.46. The van der Waals surface area contributed by atoms with Crippen molar-refractivity contribution >= 4 is 17.5 Å². The minimum absolute atomic E-state index is 0.000133. The van der Waals surface area contributed by atoms with Crippen molar-refractivity contribution in [3.63, 3.8) is 0 Å². The van der Waals surface area contributed by atoms with Gasteiger partial charge in [0.25, 0.3) is 5.91 Å². The zero-order chi connectivity index (χ0) is 22.7. The van der Waals surface area contributed by atoms with Crippen LogP contribution in [0, 0.1) is 12.8 Å². The first-order valence-electron chi connectivity index (χ1n) is 11.5. The molecule has 1 atom stereocenters. The molecule has 0 spiro atoms. The molecule has 0 radical (unpaired) electrons. The maximum absolute atomic E-state index is 13.9. The van der Waals surface area contributed by atoms with E-state index in [9.17, 15) is 9.59 Å². The second kappa shape index (κ2) is 9.84. The summed E-state index contributed by atoms with van der Waals surface area (Å²) in [5.41, 5.74) is 3.37. The third-order valence-corrected chi connectivity index (χ3v) is 6.36. The fourth-order valence-corrected chi connectivity index (χ4v) is 4.64. The van der Waals surface area contributed by atoms with E-state index in [4.69, 9.17) is 4.74 Å². The highest BCUT2D eigenvalue weighted by atomic mass is 16.5. The van der Waals surface area contributed by atoms with E-state index >= 15 is 0 Å². The van der Waals surface area contributed by atoms with Crippen LogP contribution in [0.3, 0.4) is 0 Å². The van der Waals surface area contributed by atoms with Gasteiger partial charge in [0.05, 0.1) is 24.5 Å². The molecule has 1 saturated heterocycles. The Morgan fingerprint density at radius 2 is 1.72 bits per heavy atom. The zero-order valence-corrected chi connectivity index (χ0v) is 19.3. The molecular weight excluding hydrogens is 402 g/mol. The number of carbonyl (C=O) groups is 2. The maximum Gasteiger partial charge on any atom is 0.256 e. The van der Waals surface area contributed by atoms with Crippen molar-refractivity contribution < 1.29 is 14.3 Å². The standard InChI is InChI=1S/C26H33N3O3/c1-19(2)24-26(31)28(12-11-27-13-15-32-16-14-27)23-10-9-20(3)17-22(23)25(30)29(24)18-21-7-5-4-6-8-21/h4-10,17,19,24H,11-16,18H2,1-3H3. The van der Waals surface area contributed by atoms with Crippen LogP contribution in [0.25, 0.3) is 0 Å². The Bertz CT molecular complexity index is 954. The largest absolute Gasteiger partial charge is 0.379 e. The molecule has 0 bridgehead atoms. The van der Waals surface area contributed by atoms with Crippen molar-refractivity contribution in [1.82, 2.24) is 9.80 Å². The lowest BCUT2D eigenvalue weighted by molar-refractivity contribution is -0.124. The van der Waals surface area contributed by atoms with E-state index in [0.29, 0.717) is 18.7 Å². The van der Waals surface area contributed by atoms with E-state index in [2.05, 4.69) is 4.90 Å². The van der Waals surface area contributed by atoms with Crippen molar-refractivity contribution in [3.05, 3.63) is 65.2 Å². The summed E-state index contributed by atoms with van der Waals surface area (Å²) >= 11 is 0. The molecule has 4 rings (SSSR count). The topological polar surface area (TPSA) is 53.1 Å². The van der Waals surface area contributed by atoms with Crippen LogP contribution in [0.5, 0.6) is 0 Å². The SMILES string of the molecule is Cc1ccc2c(c1)C(=O)N(Cc1ccccc1)C(C(C)C)C(=O)N2CCN1CCOCC1. The lowest BCUT2D eigenvalue weighted by Crippen LogP contribution is -2.52. The number of fused-ring (bicyclic) bond motifs is 1. The van der Waals surface area contributed by atoms with Crippen molar-refractivity contribution in [3.8, 4) is 0 Å². The number of carbonyl (C=O) groups excluding carboxylic acids is 2. The highest BCUT2D eigenvalue weighted by Crippen LogP contribution is 2.32. The highest BCUT2D eigenvalue weighted by molar-refractivity contribution is 6.11. The van der Waals surface area contributed by atoms with Crippen molar-refractivity contribution in [2.45, 2.75) is 33.4 Å². The molecule has 0 N–H and O–H groups in total. The molecule has 1 unspecified atom stereocenters. The lowest BCUT2D eigenvalue weighted by atomic mass is 10.00. The molecule has 2 aromatic rings. The van der Waals surface area contributed by atoms with Crippen molar-refractivity contribution in [1.29, 1.82) is 0 Å². The number of hydrogen-bond acceptors (Lipinski definition) is 4. The Morgan fingerprint density at radius 3 is 2.41 bits per heavy atom. The van der Waals surface area contributed by atoms with Crippen LogP contribution in [0.4, 0.5) is 5.69 Å². The maximum atomic E-state index is 13.9. The average Bonchev–Trinajstić information content (AvgIpc) is 2.87. The summed E-state index contributed by atoms with van der Waals surface area (Å²) in [6.45, 7) is 11.0. The van der Waals surface area contributed by atoms with E-state index in [1.165, 1.54) is 0 Å². The molecule has 0 saturated carbocycles. The fraction of sp³-hybridized carbons (Fsp3) is 0.462. The van der Waals surface area contributed by atoms with Gasteiger partial charge in [0.2, 0.25) is 5.91 Å². The second-order valence-electron chi connectivity index (χ2n) is 9.07. The van der Waals surface area contributed by atoms with Crippen LogP contribution in [-0.4, -0.2) is 67.0 Å². The van der Waals surface area contributed by atoms with Gasteiger partial charge in [0.1, 0.15) is 6.04 Å². The van der Waals surface area contributed by atoms with E-state index < -0.39 is 6.04 Å². The van der Waals surface area contributed by atoms with Crippen LogP contribution in [0.2, 0.25) is 0 Å². The first kappa shape index (κ1) is 22.5. The van der Waals surface area contributed by atoms with Gasteiger partial charge in [-0.3, -0.25) is 14.5 Å². The van der Waals surface area contributed by atoms with E-state index in [1.807, 2.05) is 74.2 Å². The normalized spacial score (nSPS) is 19.9. The predicted octanol–water partition coefficient (Wildman–Crippen LogP) is 3.34. The minimum Gasteiger partial charge on any atom is -0.379 e. The minimum atomic E-state index is -0.514. The summed E-state index contributed by atoms with van der Waals surface area (Å²) in [6.07, 6.45) is 0. The third kappa shape index (κ3) is 4.71. The fourth-order valence-electron chi connectivity index (χ4n) is 4.64. The van der Waals surface area contributed by atoms with Gasteiger partial charge in [-0.15, -0.1) is 0 Å². The number of amides is 2. The molecule has 0 aromatic heterocycles. The van der Waals surface area contributed by atoms with Gasteiger partial charge >= 0.3 is 0 Å². The Balaban J connectivity index is 1.71. The molecule has 6 nitrogen and oxygen atoms in total. The zero-order valence-electron chi connectivity index (χ0n) is 19.3. The molecule has 6 heteroatoms. The first-order chi connectivity index (χ1) is 15.5. The molecule has 0 aliphatic carbocycles. The predicted molar refractivity (Wildman–Crippen MR) is 126 cm³/mol. The van der Waals surface area contributed by atoms with Gasteiger partial charge in [0.15, 0.2) is 0 Å². The van der Waals surface area contributed by atoms with Gasteiger partial charge in [-0.1, -0.05) is 55.8 Å². The van der Waals surface area contributed by atoms with Crippen LogP contribution in [0.15, 0.2) is 48.5 Å². The van der Waals surface area contributed by atoms with Crippen LogP contribution in [0.1, 0.15) is 35.3 Å². The Morgan fingerprint density at radius 1 is 1.00 bits per heavy atom. The second-order valence-corrected chi connectivity index (χ2v) is 9.07. The molecule has 2 amide bonds. The summed E-state index contributed by atoms with van der Waals surface area (Å²) in [4.78, 5) is 33.7. The quantitative estimate of drug-likeness (QED) is 0.698. The van der Waals surface area contributed by atoms with Crippen LogP contribution < -0.4 is 4.90 Å². The monoisotopic (exact) mass is 435 g/mol. The Labute approximate surface area is 190 Å². The number of anilines is 1. The number of morpholine rings is 1. The van der Waals surface area contributed by atoms with Gasteiger partial charge < -0.3 is 14.5 Å². The Hall–Kier alpha value is -2.70. The van der Waals surface area contributed by atoms with Gasteiger partial charge in [-0.25, -0.2) is 0 Å². The van der Waals surface area contributed by atoms with Gasteiger partial charge in [-0.05, 0) is 30.5 Å². The smallest absolute Gasteiger partial charge is 0.256 e. The number of hydrogen-bond donors (Lipinski definition) is 0. The molecule has 32 heavy (non-hydrogen) atoms.